The van der Waals surface area contributed by atoms with Crippen LogP contribution in [0.2, 0.25) is 0 Å². The van der Waals surface area contributed by atoms with Crippen LogP contribution >= 0.6 is 0 Å². The van der Waals surface area contributed by atoms with E-state index in [1.165, 1.54) is 6.21 Å². The molecule has 1 aromatic heterocycles. The van der Waals surface area contributed by atoms with Crippen molar-refractivity contribution in [1.82, 2.24) is 15.2 Å². The Balaban J connectivity index is 2.02. The number of rotatable bonds is 2. The molecule has 1 aromatic carbocycles. The predicted octanol–water partition coefficient (Wildman–Crippen LogP) is 1.96. The fraction of sp³-hybridized carbons (Fsp3) is 0.368. The van der Waals surface area contributed by atoms with E-state index in [9.17, 15) is 24.6 Å². The highest BCUT2D eigenvalue weighted by atomic mass is 16.3. The molecule has 28 heavy (non-hydrogen) atoms. The van der Waals surface area contributed by atoms with Gasteiger partial charge in [0.15, 0.2) is 0 Å². The van der Waals surface area contributed by atoms with Crippen molar-refractivity contribution in [1.29, 1.82) is 0 Å². The van der Waals surface area contributed by atoms with E-state index >= 15 is 0 Å². The summed E-state index contributed by atoms with van der Waals surface area (Å²) < 4.78 is 1.10. The van der Waals surface area contributed by atoms with Crippen molar-refractivity contribution < 1.29 is 24.6 Å². The van der Waals surface area contributed by atoms with Gasteiger partial charge in [-0.1, -0.05) is 12.1 Å². The number of nitrogens with zero attached hydrogens (tertiary/aromatic N) is 2. The first-order chi connectivity index (χ1) is 13.1. The summed E-state index contributed by atoms with van der Waals surface area (Å²) in [5.74, 6) is -1.62. The maximum Gasteiger partial charge on any atom is 0.341 e. The lowest BCUT2D eigenvalue weighted by atomic mass is 10.1. The van der Waals surface area contributed by atoms with E-state index in [-0.39, 0.29) is 30.0 Å². The minimum Gasteiger partial charge on any atom is -0.494 e. The van der Waals surface area contributed by atoms with E-state index in [0.717, 1.165) is 4.57 Å². The predicted molar refractivity (Wildman–Crippen MR) is 103 cm³/mol. The Morgan fingerprint density at radius 2 is 2.00 bits per heavy atom. The highest BCUT2D eigenvalue weighted by molar-refractivity contribution is 6.08. The van der Waals surface area contributed by atoms with Crippen LogP contribution in [-0.2, 0) is 9.59 Å². The number of fused-ring (bicyclic) bond motifs is 1. The Bertz CT molecular complexity index is 1000. The van der Waals surface area contributed by atoms with E-state index < -0.39 is 29.4 Å². The lowest BCUT2D eigenvalue weighted by Gasteiger charge is -2.23. The summed E-state index contributed by atoms with van der Waals surface area (Å²) in [6.45, 7) is 5.47. The van der Waals surface area contributed by atoms with Crippen molar-refractivity contribution in [2.75, 3.05) is 0 Å². The normalized spacial score (nSPS) is 17.9. The van der Waals surface area contributed by atoms with Crippen LogP contribution in [0.25, 0.3) is 10.8 Å². The highest BCUT2D eigenvalue weighted by Crippen LogP contribution is 2.41. The van der Waals surface area contributed by atoms with Crippen LogP contribution in [0.3, 0.4) is 0 Å². The fourth-order valence-electron chi connectivity index (χ4n) is 3.17. The van der Waals surface area contributed by atoms with Gasteiger partial charge in [0, 0.05) is 29.1 Å². The standard InChI is InChI=1S/C19H22N4O5/c1-19(2,3)22-18(28)20-9-10-5-4-6-11-14(10)17(27)23(16(11)26)12-7-8-13(24)21-15(12)25/h4-6,9,12,26-27H,7-8H2,1-3H3,(H,22,28)(H,21,24,25). The van der Waals surface area contributed by atoms with Gasteiger partial charge in [0.2, 0.25) is 23.6 Å². The lowest BCUT2D eigenvalue weighted by Crippen LogP contribution is -2.41. The minimum absolute atomic E-state index is 0.102. The van der Waals surface area contributed by atoms with Gasteiger partial charge in [0.25, 0.3) is 0 Å². The van der Waals surface area contributed by atoms with Gasteiger partial charge in [-0.2, -0.15) is 0 Å². The highest BCUT2D eigenvalue weighted by Gasteiger charge is 2.33. The van der Waals surface area contributed by atoms with Gasteiger partial charge in [-0.05, 0) is 33.3 Å². The second kappa shape index (κ2) is 6.99. The molecule has 9 heteroatoms. The van der Waals surface area contributed by atoms with E-state index in [1.807, 2.05) is 20.8 Å². The summed E-state index contributed by atoms with van der Waals surface area (Å²) >= 11 is 0. The SMILES string of the molecule is CC(C)(C)NC(=O)N=Cc1cccc2c(O)n(C3CCC(=O)NC3=O)c(O)c12. The van der Waals surface area contributed by atoms with Crippen LogP contribution in [0.15, 0.2) is 23.2 Å². The fourth-order valence-corrected chi connectivity index (χ4v) is 3.17. The summed E-state index contributed by atoms with van der Waals surface area (Å²) in [5, 5.41) is 26.8. The van der Waals surface area contributed by atoms with Crippen LogP contribution < -0.4 is 10.6 Å². The zero-order chi connectivity index (χ0) is 20.6. The topological polar surface area (TPSA) is 133 Å². The zero-order valence-electron chi connectivity index (χ0n) is 15.8. The van der Waals surface area contributed by atoms with E-state index in [0.29, 0.717) is 10.9 Å². The maximum absolute atomic E-state index is 12.2. The van der Waals surface area contributed by atoms with Crippen molar-refractivity contribution in [2.24, 2.45) is 4.99 Å². The molecule has 0 aliphatic carbocycles. The first kappa shape index (κ1) is 19.4. The van der Waals surface area contributed by atoms with Crippen molar-refractivity contribution in [3.8, 4) is 11.8 Å². The number of urea groups is 1. The van der Waals surface area contributed by atoms with Gasteiger partial charge >= 0.3 is 6.03 Å². The van der Waals surface area contributed by atoms with Gasteiger partial charge in [-0.25, -0.2) is 9.79 Å². The zero-order valence-corrected chi connectivity index (χ0v) is 15.8. The molecule has 0 spiro atoms. The summed E-state index contributed by atoms with van der Waals surface area (Å²) in [7, 11) is 0. The molecule has 2 aromatic rings. The molecule has 1 atom stereocenters. The lowest BCUT2D eigenvalue weighted by molar-refractivity contribution is -0.135. The average Bonchev–Trinajstić information content (AvgIpc) is 2.84. The monoisotopic (exact) mass is 386 g/mol. The number of amides is 4. The number of carbonyl (C=O) groups excluding carboxylic acids is 3. The molecule has 3 rings (SSSR count). The van der Waals surface area contributed by atoms with E-state index in [4.69, 9.17) is 0 Å². The first-order valence-corrected chi connectivity index (χ1v) is 8.83. The second-order valence-electron chi connectivity index (χ2n) is 7.69. The largest absolute Gasteiger partial charge is 0.494 e. The van der Waals surface area contributed by atoms with Gasteiger partial charge in [-0.15, -0.1) is 0 Å². The number of hydrogen-bond acceptors (Lipinski definition) is 5. The molecule has 4 amide bonds. The summed E-state index contributed by atoms with van der Waals surface area (Å²) in [5.41, 5.74) is -0.0453. The molecule has 0 radical (unpaired) electrons. The van der Waals surface area contributed by atoms with Gasteiger partial charge in [-0.3, -0.25) is 19.5 Å². The van der Waals surface area contributed by atoms with Crippen LogP contribution in [0.4, 0.5) is 4.79 Å². The Labute approximate surface area is 161 Å². The molecule has 4 N–H and O–H groups in total. The number of imide groups is 1. The van der Waals surface area contributed by atoms with Crippen molar-refractivity contribution >= 4 is 34.8 Å². The smallest absolute Gasteiger partial charge is 0.341 e. The average molecular weight is 386 g/mol. The first-order valence-electron chi connectivity index (χ1n) is 8.83. The van der Waals surface area contributed by atoms with Crippen LogP contribution in [0, 0.1) is 0 Å². The summed E-state index contributed by atoms with van der Waals surface area (Å²) in [6, 6.07) is 3.39. The second-order valence-corrected chi connectivity index (χ2v) is 7.69. The van der Waals surface area contributed by atoms with E-state index in [1.54, 1.807) is 18.2 Å². The number of carbonyl (C=O) groups is 3. The number of aromatic hydroxyl groups is 2. The number of benzene rings is 1. The molecular weight excluding hydrogens is 364 g/mol. The van der Waals surface area contributed by atoms with Gasteiger partial charge in [0.1, 0.15) is 6.04 Å². The van der Waals surface area contributed by atoms with E-state index in [2.05, 4.69) is 15.6 Å². The van der Waals surface area contributed by atoms with Crippen LogP contribution in [0.5, 0.6) is 11.8 Å². The summed E-state index contributed by atoms with van der Waals surface area (Å²) in [6.07, 6.45) is 1.55. The molecule has 1 unspecified atom stereocenters. The maximum atomic E-state index is 12.2. The van der Waals surface area contributed by atoms with Crippen LogP contribution in [0.1, 0.15) is 45.2 Å². The number of piperidine rings is 1. The van der Waals surface area contributed by atoms with Crippen molar-refractivity contribution in [3.05, 3.63) is 23.8 Å². The molecular formula is C19H22N4O5. The van der Waals surface area contributed by atoms with Crippen molar-refractivity contribution in [3.63, 3.8) is 0 Å². The molecule has 1 saturated heterocycles. The quantitative estimate of drug-likeness (QED) is 0.462. The molecule has 0 bridgehead atoms. The van der Waals surface area contributed by atoms with Gasteiger partial charge < -0.3 is 15.5 Å². The minimum atomic E-state index is -0.918. The molecule has 1 fully saturated rings. The third-order valence-corrected chi connectivity index (χ3v) is 4.34. The molecule has 1 aliphatic rings. The van der Waals surface area contributed by atoms with Crippen LogP contribution in [-0.4, -0.2) is 44.4 Å². The van der Waals surface area contributed by atoms with Crippen molar-refractivity contribution in [2.45, 2.75) is 45.2 Å². The molecule has 1 aliphatic heterocycles. The molecule has 0 saturated carbocycles. The third kappa shape index (κ3) is 3.68. The Morgan fingerprint density at radius 3 is 2.64 bits per heavy atom. The Hall–Kier alpha value is -3.36. The number of hydrogen-bond donors (Lipinski definition) is 4. The Morgan fingerprint density at radius 1 is 1.29 bits per heavy atom. The summed E-state index contributed by atoms with van der Waals surface area (Å²) in [4.78, 5) is 39.3. The number of nitrogens with one attached hydrogen (secondary N) is 2. The Kier molecular flexibility index (Phi) is 4.84. The number of aliphatic imine (C=N–C) groups is 1. The third-order valence-electron chi connectivity index (χ3n) is 4.34. The number of aromatic nitrogens is 1. The molecule has 2 heterocycles. The van der Waals surface area contributed by atoms with Gasteiger partial charge in [0.05, 0.1) is 5.39 Å². The molecule has 9 nitrogen and oxygen atoms in total. The molecule has 148 valence electrons.